The van der Waals surface area contributed by atoms with Gasteiger partial charge < -0.3 is 57.6 Å². The Bertz CT molecular complexity index is 2250. The molecule has 0 amide bonds. The fraction of sp³-hybridized carbons (Fsp3) is 0.319. The molecule has 0 spiro atoms. The molecule has 0 heterocycles. The van der Waals surface area contributed by atoms with Crippen LogP contribution in [-0.4, -0.2) is 92.2 Å². The van der Waals surface area contributed by atoms with Crippen molar-refractivity contribution in [3.05, 3.63) is 116 Å². The fourth-order valence-corrected chi connectivity index (χ4v) is 7.70. The van der Waals surface area contributed by atoms with Gasteiger partial charge in [-0.2, -0.15) is 0 Å². The molecule has 10 aliphatic carbocycles. The Hall–Kier alpha value is -6.96. The number of hydrogen-bond acceptors (Lipinski definition) is 12. The Morgan fingerprint density at radius 1 is 0.328 bits per heavy atom. The van der Waals surface area contributed by atoms with Crippen molar-refractivity contribution < 1.29 is 67.2 Å². The first kappa shape index (κ1) is 43.6. The van der Waals surface area contributed by atoms with Crippen LogP contribution in [0.1, 0.15) is 55.6 Å². The molecule has 0 atom stereocenters. The van der Waals surface area contributed by atoms with E-state index in [2.05, 4.69) is 0 Å². The third-order valence-electron chi connectivity index (χ3n) is 10.6. The second kappa shape index (κ2) is 19.4. The average molecular weight is 839 g/mol. The minimum atomic E-state index is -1.18. The molecule has 0 saturated heterocycles. The first-order valence-corrected chi connectivity index (χ1v) is 19.3. The summed E-state index contributed by atoms with van der Waals surface area (Å²) in [6, 6.07) is 18.6. The maximum absolute atomic E-state index is 11.8. The van der Waals surface area contributed by atoms with E-state index in [0.717, 1.165) is 33.4 Å². The van der Waals surface area contributed by atoms with Gasteiger partial charge in [-0.3, -0.25) is 0 Å². The van der Waals surface area contributed by atoms with Crippen molar-refractivity contribution in [3.8, 4) is 57.5 Å². The summed E-state index contributed by atoms with van der Waals surface area (Å²) < 4.78 is 59.4. The van der Waals surface area contributed by atoms with Gasteiger partial charge in [-0.15, -0.1) is 0 Å². The van der Waals surface area contributed by atoms with Crippen LogP contribution in [0, 0.1) is 0 Å². The zero-order valence-electron chi connectivity index (χ0n) is 35.5. The van der Waals surface area contributed by atoms with E-state index in [1.807, 2.05) is 48.5 Å². The number of methoxy groups -OCH3 is 8. The molecule has 14 nitrogen and oxygen atoms in total. The third kappa shape index (κ3) is 9.75. The van der Waals surface area contributed by atoms with Gasteiger partial charge in [-0.25, -0.2) is 9.59 Å². The van der Waals surface area contributed by atoms with Crippen LogP contribution in [0.25, 0.3) is 0 Å². The molecule has 10 bridgehead atoms. The summed E-state index contributed by atoms with van der Waals surface area (Å²) >= 11 is 0. The molecular weight excluding hydrogens is 789 g/mol. The van der Waals surface area contributed by atoms with Crippen LogP contribution in [-0.2, 0) is 41.7 Å². The second-order valence-corrected chi connectivity index (χ2v) is 14.2. The number of aliphatic carboxylic acids is 2. The van der Waals surface area contributed by atoms with Gasteiger partial charge in [0.1, 0.15) is 57.5 Å². The Balaban J connectivity index is 1.63. The third-order valence-corrected chi connectivity index (χ3v) is 10.6. The van der Waals surface area contributed by atoms with Crippen molar-refractivity contribution in [2.24, 2.45) is 0 Å². The quantitative estimate of drug-likeness (QED) is 0.116. The molecule has 0 radical (unpaired) electrons. The zero-order valence-corrected chi connectivity index (χ0v) is 35.5. The number of carboxylic acids is 2. The Morgan fingerprint density at radius 3 is 0.623 bits per heavy atom. The summed E-state index contributed by atoms with van der Waals surface area (Å²) in [7, 11) is 12.7. The van der Waals surface area contributed by atoms with Gasteiger partial charge in [0.2, 0.25) is 0 Å². The molecule has 0 fully saturated rings. The summed E-state index contributed by atoms with van der Waals surface area (Å²) in [6.45, 7) is -1.27. The predicted octanol–water partition coefficient (Wildman–Crippen LogP) is 6.95. The lowest BCUT2D eigenvalue weighted by Gasteiger charge is -2.20. The van der Waals surface area contributed by atoms with E-state index in [0.29, 0.717) is 87.5 Å². The van der Waals surface area contributed by atoms with E-state index < -0.39 is 25.2 Å². The Labute approximate surface area is 354 Å². The number of rotatable bonds is 14. The van der Waals surface area contributed by atoms with Gasteiger partial charge >= 0.3 is 11.9 Å². The molecule has 0 aliphatic heterocycles. The molecule has 5 aromatic carbocycles. The standard InChI is InChI=1S/C47H50O14/c1-52-36-16-28-10-30-18-42(58-7)32(20-40(30)56-5)12-34-22-45(61-25-47(50)51)35(23-44(34)60-24-46(48)49)13-33-21-41(57-6)31(19-43(33)59-8)11-29-17-37(53-2)27(15-39(29)55-4)9-26(36)14-38(28)54-3/h14-23H,9-13,24-25H2,1-8H3,(H,48,49)(H,50,51). The lowest BCUT2D eigenvalue weighted by atomic mass is 9.94. The summed E-state index contributed by atoms with van der Waals surface area (Å²) in [5, 5.41) is 19.3. The van der Waals surface area contributed by atoms with Gasteiger partial charge in [0.15, 0.2) is 13.2 Å². The van der Waals surface area contributed by atoms with Crippen LogP contribution < -0.4 is 47.4 Å². The van der Waals surface area contributed by atoms with Gasteiger partial charge in [0, 0.05) is 87.7 Å². The van der Waals surface area contributed by atoms with Gasteiger partial charge in [-0.05, 0) is 60.7 Å². The minimum absolute atomic E-state index is 0.169. The number of ether oxygens (including phenoxy) is 10. The highest BCUT2D eigenvalue weighted by molar-refractivity contribution is 5.69. The summed E-state index contributed by atoms with van der Waals surface area (Å²) in [5.41, 5.74) is 7.37. The molecule has 10 aliphatic rings. The van der Waals surface area contributed by atoms with Crippen LogP contribution >= 0.6 is 0 Å². The molecule has 0 saturated carbocycles. The average Bonchev–Trinajstić information content (AvgIpc) is 3.26. The molecule has 5 aromatic rings. The highest BCUT2D eigenvalue weighted by atomic mass is 16.5. The second-order valence-electron chi connectivity index (χ2n) is 14.2. The van der Waals surface area contributed by atoms with Crippen molar-refractivity contribution in [2.75, 3.05) is 70.1 Å². The monoisotopic (exact) mass is 838 g/mol. The fourth-order valence-electron chi connectivity index (χ4n) is 7.70. The topological polar surface area (TPSA) is 167 Å². The summed E-state index contributed by atoms with van der Waals surface area (Å²) in [6.07, 6.45) is 1.54. The van der Waals surface area contributed by atoms with Crippen molar-refractivity contribution in [3.63, 3.8) is 0 Å². The van der Waals surface area contributed by atoms with E-state index in [1.54, 1.807) is 69.0 Å². The molecule has 0 unspecified atom stereocenters. The molecule has 2 N–H and O–H groups in total. The lowest BCUT2D eigenvalue weighted by molar-refractivity contribution is -0.140. The molecule has 61 heavy (non-hydrogen) atoms. The summed E-state index contributed by atoms with van der Waals surface area (Å²) in [4.78, 5) is 23.6. The predicted molar refractivity (Wildman–Crippen MR) is 225 cm³/mol. The number of carbonyl (C=O) groups is 2. The Morgan fingerprint density at radius 2 is 0.475 bits per heavy atom. The molecule has 14 heteroatoms. The number of carboxylic acid groups (broad SMARTS) is 2. The van der Waals surface area contributed by atoms with Crippen molar-refractivity contribution in [1.82, 2.24) is 0 Å². The molecular formula is C47H50O14. The maximum atomic E-state index is 11.8. The lowest BCUT2D eigenvalue weighted by Crippen LogP contribution is -2.14. The van der Waals surface area contributed by atoms with Crippen molar-refractivity contribution in [2.45, 2.75) is 32.1 Å². The van der Waals surface area contributed by atoms with E-state index in [4.69, 9.17) is 47.4 Å². The van der Waals surface area contributed by atoms with Gasteiger partial charge in [0.25, 0.3) is 0 Å². The van der Waals surface area contributed by atoms with E-state index in [9.17, 15) is 19.8 Å². The largest absolute Gasteiger partial charge is 0.496 e. The van der Waals surface area contributed by atoms with Gasteiger partial charge in [0.05, 0.1) is 56.9 Å². The normalized spacial score (nSPS) is 12.0. The van der Waals surface area contributed by atoms with Crippen LogP contribution in [0.2, 0.25) is 0 Å². The highest BCUT2D eigenvalue weighted by Crippen LogP contribution is 2.42. The number of benzene rings is 5. The van der Waals surface area contributed by atoms with Gasteiger partial charge in [-0.1, -0.05) is 0 Å². The SMILES string of the molecule is COc1cc2c(OC)cc1Cc1cc(OC)c(cc1OC)Cc1cc(OC)c(cc1OC)Cc1cc(OCC(=O)O)c(cc1OCC(=O)O)Cc1cc(OC)c(cc1OC)C2. The Kier molecular flexibility index (Phi) is 13.9. The van der Waals surface area contributed by atoms with Crippen LogP contribution in [0.4, 0.5) is 0 Å². The van der Waals surface area contributed by atoms with E-state index in [-0.39, 0.29) is 24.3 Å². The van der Waals surface area contributed by atoms with Crippen LogP contribution in [0.3, 0.4) is 0 Å². The van der Waals surface area contributed by atoms with Crippen molar-refractivity contribution >= 4 is 11.9 Å². The van der Waals surface area contributed by atoms with Crippen LogP contribution in [0.15, 0.2) is 60.7 Å². The van der Waals surface area contributed by atoms with E-state index >= 15 is 0 Å². The first-order chi connectivity index (χ1) is 29.4. The van der Waals surface area contributed by atoms with Crippen molar-refractivity contribution in [1.29, 1.82) is 0 Å². The smallest absolute Gasteiger partial charge is 0.341 e. The molecule has 15 rings (SSSR count). The minimum Gasteiger partial charge on any atom is -0.496 e. The highest BCUT2D eigenvalue weighted by Gasteiger charge is 2.24. The van der Waals surface area contributed by atoms with Crippen LogP contribution in [0.5, 0.6) is 57.5 Å². The van der Waals surface area contributed by atoms with E-state index in [1.165, 1.54) is 0 Å². The number of hydrogen-bond donors (Lipinski definition) is 2. The molecule has 0 aromatic heterocycles. The maximum Gasteiger partial charge on any atom is 0.341 e. The summed E-state index contributed by atoms with van der Waals surface area (Å²) in [5.74, 6) is 2.85. The first-order valence-electron chi connectivity index (χ1n) is 19.3. The zero-order chi connectivity index (χ0) is 43.8. The molecule has 322 valence electrons.